The number of carbonyl (C=O) groups excluding carboxylic acids is 1. The fourth-order valence-corrected chi connectivity index (χ4v) is 1.89. The highest BCUT2D eigenvalue weighted by Gasteiger charge is 2.33. The number of aliphatic carboxylic acids is 2. The molecule has 0 aliphatic carbocycles. The van der Waals surface area contributed by atoms with Crippen LogP contribution in [-0.2, 0) is 20.8 Å². The monoisotopic (exact) mass is 235 g/mol. The zero-order valence-corrected chi connectivity index (χ0v) is 8.64. The fraction of sp³-hybridized carbons (Fsp3) is 0.182. The summed E-state index contributed by atoms with van der Waals surface area (Å²) in [7, 11) is 0. The summed E-state index contributed by atoms with van der Waals surface area (Å²) < 4.78 is 0. The molecule has 0 spiro atoms. The van der Waals surface area contributed by atoms with Crippen LogP contribution in [0.25, 0.3) is 0 Å². The highest BCUT2D eigenvalue weighted by atomic mass is 16.4. The number of hydrogen-bond donors (Lipinski definition) is 3. The molecule has 0 bridgehead atoms. The second kappa shape index (κ2) is 3.89. The summed E-state index contributed by atoms with van der Waals surface area (Å²) in [4.78, 5) is 33.1. The van der Waals surface area contributed by atoms with Gasteiger partial charge in [-0.1, -0.05) is 18.2 Å². The Kier molecular flexibility index (Phi) is 2.55. The Hall–Kier alpha value is -2.37. The molecular weight excluding hydrogens is 226 g/mol. The summed E-state index contributed by atoms with van der Waals surface area (Å²) >= 11 is 0. The van der Waals surface area contributed by atoms with Gasteiger partial charge in [0.1, 0.15) is 0 Å². The Balaban J connectivity index is 2.53. The second-order valence-electron chi connectivity index (χ2n) is 3.72. The molecule has 1 amide bonds. The predicted octanol–water partition coefficient (Wildman–Crippen LogP) is 0.434. The van der Waals surface area contributed by atoms with Gasteiger partial charge in [0.05, 0.1) is 6.42 Å². The van der Waals surface area contributed by atoms with Gasteiger partial charge in [0, 0.05) is 11.3 Å². The van der Waals surface area contributed by atoms with Crippen LogP contribution in [0.1, 0.15) is 17.0 Å². The van der Waals surface area contributed by atoms with E-state index in [1.54, 1.807) is 12.1 Å². The smallest absolute Gasteiger partial charge is 0.322 e. The van der Waals surface area contributed by atoms with Crippen molar-refractivity contribution in [1.29, 1.82) is 0 Å². The van der Waals surface area contributed by atoms with Crippen LogP contribution in [-0.4, -0.2) is 28.1 Å². The quantitative estimate of drug-likeness (QED) is 0.659. The third-order valence-electron chi connectivity index (χ3n) is 2.60. The Bertz CT molecular complexity index is 509. The summed E-state index contributed by atoms with van der Waals surface area (Å²) in [6.45, 7) is 0. The zero-order valence-electron chi connectivity index (χ0n) is 8.64. The molecule has 0 saturated carbocycles. The van der Waals surface area contributed by atoms with E-state index in [1.807, 2.05) is 0 Å². The highest BCUT2D eigenvalue weighted by Crippen LogP contribution is 2.32. The standard InChI is InChI=1S/C11H9NO5/c13-7-4-5-2-1-3-6(9(5)12-7)8(10(14)15)11(16)17/h1-3,8H,4H2,(H,12,13)(H,14,15)(H,16,17). The van der Waals surface area contributed by atoms with Crippen molar-refractivity contribution in [1.82, 2.24) is 0 Å². The van der Waals surface area contributed by atoms with E-state index in [2.05, 4.69) is 5.32 Å². The summed E-state index contributed by atoms with van der Waals surface area (Å²) in [6.07, 6.45) is 0.148. The number of carbonyl (C=O) groups is 3. The third-order valence-corrected chi connectivity index (χ3v) is 2.60. The van der Waals surface area contributed by atoms with Gasteiger partial charge >= 0.3 is 11.9 Å². The van der Waals surface area contributed by atoms with Crippen molar-refractivity contribution in [3.05, 3.63) is 29.3 Å². The Labute approximate surface area is 95.9 Å². The van der Waals surface area contributed by atoms with E-state index < -0.39 is 17.9 Å². The summed E-state index contributed by atoms with van der Waals surface area (Å²) in [5.74, 6) is -4.83. The van der Waals surface area contributed by atoms with Crippen molar-refractivity contribution in [3.8, 4) is 0 Å². The summed E-state index contributed by atoms with van der Waals surface area (Å²) in [5, 5.41) is 20.3. The Morgan fingerprint density at radius 2 is 1.88 bits per heavy atom. The van der Waals surface area contributed by atoms with Gasteiger partial charge in [-0.15, -0.1) is 0 Å². The molecule has 1 aromatic carbocycles. The minimum Gasteiger partial charge on any atom is -0.480 e. The van der Waals surface area contributed by atoms with E-state index in [0.29, 0.717) is 11.3 Å². The van der Waals surface area contributed by atoms with Gasteiger partial charge in [0.25, 0.3) is 0 Å². The molecule has 0 unspecified atom stereocenters. The molecule has 0 fully saturated rings. The molecule has 6 heteroatoms. The van der Waals surface area contributed by atoms with E-state index in [1.165, 1.54) is 6.07 Å². The molecule has 0 atom stereocenters. The Morgan fingerprint density at radius 3 is 2.47 bits per heavy atom. The maximum atomic E-state index is 11.2. The number of amides is 1. The molecule has 88 valence electrons. The lowest BCUT2D eigenvalue weighted by molar-refractivity contribution is -0.150. The number of rotatable bonds is 3. The first-order valence-corrected chi connectivity index (χ1v) is 4.88. The molecule has 2 rings (SSSR count). The molecule has 17 heavy (non-hydrogen) atoms. The van der Waals surface area contributed by atoms with Crippen molar-refractivity contribution in [2.24, 2.45) is 0 Å². The maximum absolute atomic E-state index is 11.2. The van der Waals surface area contributed by atoms with E-state index in [9.17, 15) is 14.4 Å². The lowest BCUT2D eigenvalue weighted by Gasteiger charge is -2.12. The first-order valence-electron chi connectivity index (χ1n) is 4.88. The topological polar surface area (TPSA) is 104 Å². The van der Waals surface area contributed by atoms with Crippen LogP contribution in [0.4, 0.5) is 5.69 Å². The third kappa shape index (κ3) is 1.84. The van der Waals surface area contributed by atoms with Crippen molar-refractivity contribution in [2.45, 2.75) is 12.3 Å². The molecule has 0 aromatic heterocycles. The SMILES string of the molecule is O=C1Cc2cccc(C(C(=O)O)C(=O)O)c2N1. The minimum absolute atomic E-state index is 0.105. The zero-order chi connectivity index (χ0) is 12.6. The van der Waals surface area contributed by atoms with Gasteiger partial charge in [0.2, 0.25) is 5.91 Å². The van der Waals surface area contributed by atoms with E-state index in [0.717, 1.165) is 0 Å². The average molecular weight is 235 g/mol. The number of hydrogen-bond acceptors (Lipinski definition) is 3. The van der Waals surface area contributed by atoms with Crippen LogP contribution >= 0.6 is 0 Å². The van der Waals surface area contributed by atoms with E-state index in [-0.39, 0.29) is 17.9 Å². The molecule has 6 nitrogen and oxygen atoms in total. The normalized spacial score (nSPS) is 13.4. The molecule has 0 radical (unpaired) electrons. The Morgan fingerprint density at radius 1 is 1.24 bits per heavy atom. The van der Waals surface area contributed by atoms with Crippen LogP contribution < -0.4 is 5.32 Å². The first kappa shape index (κ1) is 11.1. The van der Waals surface area contributed by atoms with Gasteiger partial charge in [0.15, 0.2) is 5.92 Å². The highest BCUT2D eigenvalue weighted by molar-refractivity contribution is 6.05. The van der Waals surface area contributed by atoms with Crippen LogP contribution in [0.3, 0.4) is 0 Å². The molecule has 1 aliphatic rings. The molecular formula is C11H9NO5. The number of benzene rings is 1. The van der Waals surface area contributed by atoms with Crippen LogP contribution in [0.2, 0.25) is 0 Å². The van der Waals surface area contributed by atoms with Crippen LogP contribution in [0, 0.1) is 0 Å². The minimum atomic E-state index is -1.66. The predicted molar refractivity (Wildman–Crippen MR) is 56.8 cm³/mol. The number of para-hydroxylation sites is 1. The lowest BCUT2D eigenvalue weighted by atomic mass is 9.95. The summed E-state index contributed by atoms with van der Waals surface area (Å²) in [5.41, 5.74) is 1.04. The number of fused-ring (bicyclic) bond motifs is 1. The molecule has 0 saturated heterocycles. The second-order valence-corrected chi connectivity index (χ2v) is 3.72. The fourth-order valence-electron chi connectivity index (χ4n) is 1.89. The maximum Gasteiger partial charge on any atom is 0.322 e. The number of nitrogens with one attached hydrogen (secondary N) is 1. The molecule has 1 aliphatic heterocycles. The van der Waals surface area contributed by atoms with Crippen molar-refractivity contribution < 1.29 is 24.6 Å². The van der Waals surface area contributed by atoms with Crippen molar-refractivity contribution in [2.75, 3.05) is 5.32 Å². The largest absolute Gasteiger partial charge is 0.480 e. The van der Waals surface area contributed by atoms with E-state index in [4.69, 9.17) is 10.2 Å². The molecule has 1 aromatic rings. The molecule has 1 heterocycles. The van der Waals surface area contributed by atoms with Crippen LogP contribution in [0.5, 0.6) is 0 Å². The van der Waals surface area contributed by atoms with Crippen LogP contribution in [0.15, 0.2) is 18.2 Å². The number of carboxylic acids is 2. The first-order chi connectivity index (χ1) is 8.00. The van der Waals surface area contributed by atoms with Gasteiger partial charge in [-0.05, 0) is 5.56 Å². The van der Waals surface area contributed by atoms with Crippen molar-refractivity contribution in [3.63, 3.8) is 0 Å². The van der Waals surface area contributed by atoms with E-state index >= 15 is 0 Å². The van der Waals surface area contributed by atoms with Crippen molar-refractivity contribution >= 4 is 23.5 Å². The number of carboxylic acid groups (broad SMARTS) is 2. The number of anilines is 1. The lowest BCUT2D eigenvalue weighted by Crippen LogP contribution is -2.22. The van der Waals surface area contributed by atoms with Gasteiger partial charge in [-0.25, -0.2) is 0 Å². The van der Waals surface area contributed by atoms with Gasteiger partial charge in [-0.3, -0.25) is 14.4 Å². The molecule has 3 N–H and O–H groups in total. The average Bonchev–Trinajstić information content (AvgIpc) is 2.58. The summed E-state index contributed by atoms with van der Waals surface area (Å²) in [6, 6.07) is 4.61. The van der Waals surface area contributed by atoms with Gasteiger partial charge < -0.3 is 15.5 Å². The van der Waals surface area contributed by atoms with Gasteiger partial charge in [-0.2, -0.15) is 0 Å².